The molecule has 0 radical (unpaired) electrons. The fourth-order valence-electron chi connectivity index (χ4n) is 3.85. The van der Waals surface area contributed by atoms with Crippen molar-refractivity contribution in [2.24, 2.45) is 0 Å². The molecule has 0 saturated heterocycles. The molecule has 1 N–H and O–H groups in total. The maximum atomic E-state index is 13.2. The zero-order valence-electron chi connectivity index (χ0n) is 20.7. The van der Waals surface area contributed by atoms with E-state index in [1.165, 1.54) is 5.56 Å². The third kappa shape index (κ3) is 6.06. The summed E-state index contributed by atoms with van der Waals surface area (Å²) < 4.78 is 13.2. The quantitative estimate of drug-likeness (QED) is 0.212. The summed E-state index contributed by atoms with van der Waals surface area (Å²) in [6, 6.07) is 17.6. The van der Waals surface area contributed by atoms with Crippen molar-refractivity contribution >= 4 is 23.7 Å². The molecule has 184 valence electrons. The van der Waals surface area contributed by atoms with Crippen LogP contribution in [0.5, 0.6) is 5.75 Å². The van der Waals surface area contributed by atoms with E-state index in [9.17, 15) is 4.79 Å². The number of thioether (sulfide) groups is 1. The molecule has 0 saturated carbocycles. The Morgan fingerprint density at radius 2 is 1.89 bits per heavy atom. The van der Waals surface area contributed by atoms with Crippen molar-refractivity contribution in [1.29, 1.82) is 0 Å². The van der Waals surface area contributed by atoms with Crippen molar-refractivity contribution in [2.45, 2.75) is 63.6 Å². The number of rotatable bonds is 10. The number of nitrogens with zero attached hydrogens (tertiary/aromatic N) is 3. The monoisotopic (exact) mass is 492 g/mol. The summed E-state index contributed by atoms with van der Waals surface area (Å²) in [6.45, 7) is 8.39. The minimum atomic E-state index is -0.458. The van der Waals surface area contributed by atoms with E-state index in [1.54, 1.807) is 16.4 Å². The van der Waals surface area contributed by atoms with Crippen molar-refractivity contribution in [2.75, 3.05) is 11.9 Å². The van der Waals surface area contributed by atoms with Crippen molar-refractivity contribution in [1.82, 2.24) is 14.8 Å². The van der Waals surface area contributed by atoms with Crippen molar-refractivity contribution in [3.05, 3.63) is 77.0 Å². The number of esters is 1. The van der Waals surface area contributed by atoms with Gasteiger partial charge in [0.15, 0.2) is 0 Å². The van der Waals surface area contributed by atoms with Gasteiger partial charge in [-0.15, -0.1) is 5.10 Å². The van der Waals surface area contributed by atoms with Crippen molar-refractivity contribution < 1.29 is 14.3 Å². The van der Waals surface area contributed by atoms with Crippen LogP contribution in [-0.2, 0) is 15.3 Å². The number of carbonyl (C=O) groups excluding carboxylic acids is 1. The van der Waals surface area contributed by atoms with Gasteiger partial charge in [0, 0.05) is 11.4 Å². The highest BCUT2D eigenvalue weighted by molar-refractivity contribution is 7.98. The van der Waals surface area contributed by atoms with E-state index in [-0.39, 0.29) is 12.1 Å². The summed E-state index contributed by atoms with van der Waals surface area (Å²) in [5, 5.41) is 8.69. The lowest BCUT2D eigenvalue weighted by Gasteiger charge is -2.28. The molecule has 2 heterocycles. The van der Waals surface area contributed by atoms with Crippen LogP contribution in [0.3, 0.4) is 0 Å². The maximum absolute atomic E-state index is 13.2. The average molecular weight is 493 g/mol. The van der Waals surface area contributed by atoms with Crippen LogP contribution < -0.4 is 10.1 Å². The van der Waals surface area contributed by atoms with E-state index < -0.39 is 6.04 Å². The molecule has 1 aromatic heterocycles. The van der Waals surface area contributed by atoms with Crippen LogP contribution in [0.1, 0.15) is 57.7 Å². The van der Waals surface area contributed by atoms with Gasteiger partial charge in [-0.2, -0.15) is 4.98 Å². The molecule has 0 spiro atoms. The summed E-state index contributed by atoms with van der Waals surface area (Å²) in [5.74, 6) is 1.80. The summed E-state index contributed by atoms with van der Waals surface area (Å²) in [5.41, 5.74) is 3.35. The largest absolute Gasteiger partial charge is 0.494 e. The Hall–Kier alpha value is -3.26. The predicted octanol–water partition coefficient (Wildman–Crippen LogP) is 5.99. The first kappa shape index (κ1) is 24.9. The summed E-state index contributed by atoms with van der Waals surface area (Å²) in [4.78, 5) is 17.9. The topological polar surface area (TPSA) is 78.3 Å². The Bertz CT molecular complexity index is 1170. The molecule has 2 aromatic carbocycles. The number of aromatic nitrogens is 3. The average Bonchev–Trinajstić information content (AvgIpc) is 3.25. The molecule has 1 unspecified atom stereocenters. The molecule has 0 fully saturated rings. The molecule has 1 aliphatic rings. The second-order valence-electron chi connectivity index (χ2n) is 8.73. The molecule has 0 aliphatic carbocycles. The number of ether oxygens (including phenoxy) is 2. The molecule has 35 heavy (non-hydrogen) atoms. The summed E-state index contributed by atoms with van der Waals surface area (Å²) in [6.07, 6.45) is 1.86. The van der Waals surface area contributed by atoms with Gasteiger partial charge in [-0.25, -0.2) is 9.48 Å². The number of nitrogens with one attached hydrogen (secondary N) is 1. The molecule has 0 amide bonds. The highest BCUT2D eigenvalue weighted by Gasteiger charge is 2.35. The van der Waals surface area contributed by atoms with Gasteiger partial charge in [-0.05, 0) is 50.5 Å². The number of anilines is 1. The summed E-state index contributed by atoms with van der Waals surface area (Å²) >= 11 is 1.56. The van der Waals surface area contributed by atoms with E-state index >= 15 is 0 Å². The molecule has 1 atom stereocenters. The first-order valence-electron chi connectivity index (χ1n) is 12.0. The predicted molar refractivity (Wildman–Crippen MR) is 139 cm³/mol. The van der Waals surface area contributed by atoms with Crippen LogP contribution in [0, 0.1) is 0 Å². The molecule has 8 heteroatoms. The first-order valence-corrected chi connectivity index (χ1v) is 13.0. The minimum absolute atomic E-state index is 0.230. The Labute approximate surface area is 210 Å². The maximum Gasteiger partial charge on any atom is 0.338 e. The molecule has 7 nitrogen and oxygen atoms in total. The van der Waals surface area contributed by atoms with Gasteiger partial charge in [0.25, 0.3) is 0 Å². The Balaban J connectivity index is 1.65. The number of benzene rings is 2. The van der Waals surface area contributed by atoms with E-state index in [1.807, 2.05) is 63.2 Å². The van der Waals surface area contributed by atoms with Gasteiger partial charge in [-0.1, -0.05) is 67.6 Å². The van der Waals surface area contributed by atoms with Gasteiger partial charge in [0.1, 0.15) is 11.8 Å². The second kappa shape index (κ2) is 11.4. The Morgan fingerprint density at radius 3 is 2.57 bits per heavy atom. The van der Waals surface area contributed by atoms with Crippen molar-refractivity contribution in [3.8, 4) is 5.75 Å². The van der Waals surface area contributed by atoms with Crippen LogP contribution in [-0.4, -0.2) is 33.4 Å². The van der Waals surface area contributed by atoms with Crippen LogP contribution in [0.4, 0.5) is 5.95 Å². The number of allylic oxidation sites excluding steroid dienone is 1. The highest BCUT2D eigenvalue weighted by Crippen LogP contribution is 2.37. The first-order chi connectivity index (χ1) is 17.0. The van der Waals surface area contributed by atoms with Crippen molar-refractivity contribution in [3.63, 3.8) is 0 Å². The van der Waals surface area contributed by atoms with Crippen LogP contribution in [0.15, 0.2) is 71.0 Å². The van der Waals surface area contributed by atoms with Crippen LogP contribution in [0.2, 0.25) is 0 Å². The zero-order chi connectivity index (χ0) is 24.8. The minimum Gasteiger partial charge on any atom is -0.494 e. The SMILES string of the molecule is CCCCOc1ccc(C2C(C(=O)OC(C)C)=C(C)Nc3nc(SCc4ccccc4)nn32)cc1. The number of carbonyl (C=O) groups is 1. The summed E-state index contributed by atoms with van der Waals surface area (Å²) in [7, 11) is 0. The molecular weight excluding hydrogens is 460 g/mol. The van der Waals surface area contributed by atoms with Crippen LogP contribution in [0.25, 0.3) is 0 Å². The lowest BCUT2D eigenvalue weighted by molar-refractivity contribution is -0.143. The molecule has 3 aromatic rings. The van der Waals surface area contributed by atoms with Crippen LogP contribution >= 0.6 is 11.8 Å². The van der Waals surface area contributed by atoms with Gasteiger partial charge >= 0.3 is 5.97 Å². The number of fused-ring (bicyclic) bond motifs is 1. The lowest BCUT2D eigenvalue weighted by atomic mass is 9.95. The Kier molecular flexibility index (Phi) is 8.13. The molecule has 1 aliphatic heterocycles. The fraction of sp³-hybridized carbons (Fsp3) is 0.370. The normalized spacial score (nSPS) is 15.1. The van der Waals surface area contributed by atoms with E-state index in [0.717, 1.165) is 29.9 Å². The third-order valence-electron chi connectivity index (χ3n) is 5.57. The standard InChI is InChI=1S/C27H32N4O3S/c1-5-6-16-33-22-14-12-21(13-15-22)24-23(25(32)34-18(2)3)19(4)28-26-29-27(30-31(24)26)35-17-20-10-8-7-9-11-20/h7-15,18,24H,5-6,16-17H2,1-4H3,(H,28,29,30). The fourth-order valence-corrected chi connectivity index (χ4v) is 4.63. The second-order valence-corrected chi connectivity index (χ2v) is 9.67. The van der Waals surface area contributed by atoms with Gasteiger partial charge in [-0.3, -0.25) is 0 Å². The number of unbranched alkanes of at least 4 members (excludes halogenated alkanes) is 1. The Morgan fingerprint density at radius 1 is 1.14 bits per heavy atom. The van der Waals surface area contributed by atoms with Gasteiger partial charge < -0.3 is 14.8 Å². The zero-order valence-corrected chi connectivity index (χ0v) is 21.5. The number of hydrogen-bond acceptors (Lipinski definition) is 7. The molecule has 0 bridgehead atoms. The molecule has 4 rings (SSSR count). The smallest absolute Gasteiger partial charge is 0.338 e. The number of hydrogen-bond donors (Lipinski definition) is 1. The van der Waals surface area contributed by atoms with Gasteiger partial charge in [0.05, 0.1) is 18.3 Å². The molecular formula is C27H32N4O3S. The van der Waals surface area contributed by atoms with E-state index in [2.05, 4.69) is 24.4 Å². The highest BCUT2D eigenvalue weighted by atomic mass is 32.2. The van der Waals surface area contributed by atoms with E-state index in [0.29, 0.717) is 29.0 Å². The van der Waals surface area contributed by atoms with Gasteiger partial charge in [0.2, 0.25) is 11.1 Å². The third-order valence-corrected chi connectivity index (χ3v) is 6.48. The lowest BCUT2D eigenvalue weighted by Crippen LogP contribution is -2.30. The van der Waals surface area contributed by atoms with E-state index in [4.69, 9.17) is 19.6 Å².